The molecule has 3 rings (SSSR count). The summed E-state index contributed by atoms with van der Waals surface area (Å²) >= 11 is 1.59. The van der Waals surface area contributed by atoms with Crippen molar-refractivity contribution in [3.63, 3.8) is 0 Å². The average Bonchev–Trinajstić information content (AvgIpc) is 3.14. The van der Waals surface area contributed by atoms with Gasteiger partial charge < -0.3 is 16.0 Å². The van der Waals surface area contributed by atoms with Gasteiger partial charge in [-0.3, -0.25) is 9.59 Å². The van der Waals surface area contributed by atoms with Crippen LogP contribution in [-0.4, -0.2) is 31.4 Å². The average molecular weight is 321 g/mol. The Morgan fingerprint density at radius 2 is 2.14 bits per heavy atom. The SMILES string of the molecule is CCNC(=O)c1c(NC(=O)[C@H]2CCNC2)sc2c1CCCC2. The predicted molar refractivity (Wildman–Crippen MR) is 88.6 cm³/mol. The first-order valence-electron chi connectivity index (χ1n) is 8.15. The van der Waals surface area contributed by atoms with Crippen LogP contribution >= 0.6 is 11.3 Å². The standard InChI is InChI=1S/C16H23N3O2S/c1-2-18-15(21)13-11-5-3-4-6-12(11)22-16(13)19-14(20)10-7-8-17-9-10/h10,17H,2-9H2,1H3,(H,18,21)(H,19,20)/t10-/m0/s1. The normalized spacial score (nSPS) is 20.5. The highest BCUT2D eigenvalue weighted by Gasteiger charge is 2.28. The van der Waals surface area contributed by atoms with E-state index in [2.05, 4.69) is 16.0 Å². The molecule has 1 aliphatic carbocycles. The van der Waals surface area contributed by atoms with Gasteiger partial charge in [0.2, 0.25) is 5.91 Å². The van der Waals surface area contributed by atoms with Gasteiger partial charge in [0.15, 0.2) is 0 Å². The first-order valence-corrected chi connectivity index (χ1v) is 8.96. The number of amides is 2. The van der Waals surface area contributed by atoms with E-state index in [1.807, 2.05) is 6.92 Å². The van der Waals surface area contributed by atoms with Crippen LogP contribution in [0.15, 0.2) is 0 Å². The molecule has 1 fully saturated rings. The van der Waals surface area contributed by atoms with Crippen LogP contribution < -0.4 is 16.0 Å². The Bertz CT molecular complexity index is 576. The third-order valence-electron chi connectivity index (χ3n) is 4.40. The van der Waals surface area contributed by atoms with E-state index in [4.69, 9.17) is 0 Å². The van der Waals surface area contributed by atoms with E-state index < -0.39 is 0 Å². The second kappa shape index (κ2) is 6.79. The third kappa shape index (κ3) is 3.03. The first kappa shape index (κ1) is 15.5. The quantitative estimate of drug-likeness (QED) is 0.793. The zero-order chi connectivity index (χ0) is 15.5. The van der Waals surface area contributed by atoms with E-state index in [-0.39, 0.29) is 17.7 Å². The first-order chi connectivity index (χ1) is 10.7. The van der Waals surface area contributed by atoms with Crippen molar-refractivity contribution in [3.8, 4) is 0 Å². The van der Waals surface area contributed by atoms with E-state index >= 15 is 0 Å². The largest absolute Gasteiger partial charge is 0.352 e. The molecule has 0 aromatic carbocycles. The molecule has 0 radical (unpaired) electrons. The second-order valence-corrected chi connectivity index (χ2v) is 7.06. The van der Waals surface area contributed by atoms with E-state index in [1.54, 1.807) is 11.3 Å². The summed E-state index contributed by atoms with van der Waals surface area (Å²) in [6, 6.07) is 0. The van der Waals surface area contributed by atoms with Crippen LogP contribution in [0.3, 0.4) is 0 Å². The fourth-order valence-electron chi connectivity index (χ4n) is 3.24. The molecule has 1 atom stereocenters. The zero-order valence-electron chi connectivity index (χ0n) is 13.0. The summed E-state index contributed by atoms with van der Waals surface area (Å²) in [5.74, 6) is -0.00268. The minimum atomic E-state index is -0.0539. The van der Waals surface area contributed by atoms with E-state index in [0.717, 1.165) is 49.3 Å². The van der Waals surface area contributed by atoms with Crippen LogP contribution in [0.4, 0.5) is 5.00 Å². The van der Waals surface area contributed by atoms with Crippen molar-refractivity contribution in [2.24, 2.45) is 5.92 Å². The van der Waals surface area contributed by atoms with Crippen LogP contribution in [0.1, 0.15) is 47.0 Å². The Morgan fingerprint density at radius 1 is 1.32 bits per heavy atom. The maximum atomic E-state index is 12.4. The van der Waals surface area contributed by atoms with Gasteiger partial charge >= 0.3 is 0 Å². The molecule has 1 aliphatic heterocycles. The number of carbonyl (C=O) groups is 2. The number of carbonyl (C=O) groups excluding carboxylic acids is 2. The lowest BCUT2D eigenvalue weighted by molar-refractivity contribution is -0.119. The summed E-state index contributed by atoms with van der Waals surface area (Å²) in [4.78, 5) is 26.1. The number of aryl methyl sites for hydroxylation is 1. The highest BCUT2D eigenvalue weighted by atomic mass is 32.1. The van der Waals surface area contributed by atoms with Crippen molar-refractivity contribution in [1.82, 2.24) is 10.6 Å². The van der Waals surface area contributed by atoms with Crippen molar-refractivity contribution >= 4 is 28.2 Å². The number of hydrogen-bond donors (Lipinski definition) is 3. The van der Waals surface area contributed by atoms with Crippen molar-refractivity contribution in [2.75, 3.05) is 25.0 Å². The molecule has 22 heavy (non-hydrogen) atoms. The summed E-state index contributed by atoms with van der Waals surface area (Å²) in [5.41, 5.74) is 1.86. The van der Waals surface area contributed by atoms with Crippen molar-refractivity contribution < 1.29 is 9.59 Å². The van der Waals surface area contributed by atoms with Crippen molar-refractivity contribution in [3.05, 3.63) is 16.0 Å². The molecule has 1 aromatic heterocycles. The van der Waals surface area contributed by atoms with Crippen LogP contribution in [0.25, 0.3) is 0 Å². The summed E-state index contributed by atoms with van der Waals surface area (Å²) in [7, 11) is 0. The summed E-state index contributed by atoms with van der Waals surface area (Å²) in [6.07, 6.45) is 5.12. The predicted octanol–water partition coefficient (Wildman–Crippen LogP) is 1.92. The lowest BCUT2D eigenvalue weighted by Crippen LogP contribution is -2.28. The Balaban J connectivity index is 1.86. The van der Waals surface area contributed by atoms with Gasteiger partial charge in [0, 0.05) is 18.0 Å². The van der Waals surface area contributed by atoms with Gasteiger partial charge in [-0.1, -0.05) is 0 Å². The summed E-state index contributed by atoms with van der Waals surface area (Å²) < 4.78 is 0. The molecule has 0 unspecified atom stereocenters. The molecule has 0 bridgehead atoms. The Hall–Kier alpha value is -1.40. The molecule has 3 N–H and O–H groups in total. The zero-order valence-corrected chi connectivity index (χ0v) is 13.8. The minimum absolute atomic E-state index is 0.0150. The van der Waals surface area contributed by atoms with Crippen LogP contribution in [-0.2, 0) is 17.6 Å². The molecule has 1 aromatic rings. The van der Waals surface area contributed by atoms with Crippen molar-refractivity contribution in [2.45, 2.75) is 39.0 Å². The maximum Gasteiger partial charge on any atom is 0.254 e. The van der Waals surface area contributed by atoms with Gasteiger partial charge in [-0.15, -0.1) is 11.3 Å². The van der Waals surface area contributed by atoms with E-state index in [1.165, 1.54) is 11.3 Å². The van der Waals surface area contributed by atoms with Crippen LogP contribution in [0, 0.1) is 5.92 Å². The van der Waals surface area contributed by atoms with E-state index in [9.17, 15) is 9.59 Å². The second-order valence-electron chi connectivity index (χ2n) is 5.95. The highest BCUT2D eigenvalue weighted by molar-refractivity contribution is 7.17. The molecule has 2 heterocycles. The topological polar surface area (TPSA) is 70.2 Å². The molecule has 2 amide bonds. The molecular formula is C16H23N3O2S. The van der Waals surface area contributed by atoms with Crippen LogP contribution in [0.2, 0.25) is 0 Å². The van der Waals surface area contributed by atoms with Crippen LogP contribution in [0.5, 0.6) is 0 Å². The molecule has 120 valence electrons. The van der Waals surface area contributed by atoms with E-state index in [0.29, 0.717) is 12.1 Å². The Morgan fingerprint density at radius 3 is 2.86 bits per heavy atom. The summed E-state index contributed by atoms with van der Waals surface area (Å²) in [5, 5.41) is 9.87. The number of thiophene rings is 1. The van der Waals surface area contributed by atoms with Crippen molar-refractivity contribution in [1.29, 1.82) is 0 Å². The van der Waals surface area contributed by atoms with Gasteiger partial charge in [0.05, 0.1) is 11.5 Å². The highest BCUT2D eigenvalue weighted by Crippen LogP contribution is 2.38. The lowest BCUT2D eigenvalue weighted by Gasteiger charge is -2.13. The third-order valence-corrected chi connectivity index (χ3v) is 5.61. The van der Waals surface area contributed by atoms with Gasteiger partial charge in [0.25, 0.3) is 5.91 Å². The minimum Gasteiger partial charge on any atom is -0.352 e. The van der Waals surface area contributed by atoms with Gasteiger partial charge in [0.1, 0.15) is 5.00 Å². The number of anilines is 1. The molecule has 1 saturated heterocycles. The van der Waals surface area contributed by atoms with Gasteiger partial charge in [-0.25, -0.2) is 0 Å². The molecule has 6 heteroatoms. The Kier molecular flexibility index (Phi) is 4.78. The maximum absolute atomic E-state index is 12.4. The molecular weight excluding hydrogens is 298 g/mol. The Labute approximate surface area is 134 Å². The molecule has 0 saturated carbocycles. The fourth-order valence-corrected chi connectivity index (χ4v) is 4.53. The number of rotatable bonds is 4. The lowest BCUT2D eigenvalue weighted by atomic mass is 9.95. The number of hydrogen-bond acceptors (Lipinski definition) is 4. The molecule has 5 nitrogen and oxygen atoms in total. The molecule has 0 spiro atoms. The molecule has 2 aliphatic rings. The smallest absolute Gasteiger partial charge is 0.254 e. The monoisotopic (exact) mass is 321 g/mol. The van der Waals surface area contributed by atoms with Gasteiger partial charge in [-0.2, -0.15) is 0 Å². The number of nitrogens with one attached hydrogen (secondary N) is 3. The summed E-state index contributed by atoms with van der Waals surface area (Å²) in [6.45, 7) is 4.14. The van der Waals surface area contributed by atoms with Gasteiger partial charge in [-0.05, 0) is 51.1 Å². The fraction of sp³-hybridized carbons (Fsp3) is 0.625. The number of fused-ring (bicyclic) bond motifs is 1.